The molecule has 0 radical (unpaired) electrons. The van der Waals surface area contributed by atoms with Gasteiger partial charge in [0.25, 0.3) is 0 Å². The Kier molecular flexibility index (Phi) is 3.10. The molecule has 0 spiro atoms. The monoisotopic (exact) mass is 207 g/mol. The van der Waals surface area contributed by atoms with Crippen molar-refractivity contribution in [2.24, 2.45) is 5.73 Å². The molecule has 1 aromatic rings. The van der Waals surface area contributed by atoms with Gasteiger partial charge in [-0.25, -0.2) is 4.98 Å². The summed E-state index contributed by atoms with van der Waals surface area (Å²) in [4.78, 5) is 4.26. The van der Waals surface area contributed by atoms with Crippen LogP contribution in [0.2, 0.25) is 0 Å². The second kappa shape index (κ2) is 4.35. The molecule has 2 rings (SSSR count). The molecule has 2 N–H and O–H groups in total. The van der Waals surface area contributed by atoms with E-state index in [0.29, 0.717) is 18.0 Å². The normalized spacial score (nSPS) is 27.2. The molecule has 0 unspecified atom stereocenters. The minimum absolute atomic E-state index is 0.311. The van der Waals surface area contributed by atoms with Crippen molar-refractivity contribution >= 4 is 0 Å². The molecule has 0 bridgehead atoms. The molecule has 84 valence electrons. The van der Waals surface area contributed by atoms with Gasteiger partial charge in [0.05, 0.1) is 6.33 Å². The van der Waals surface area contributed by atoms with E-state index in [1.807, 2.05) is 12.5 Å². The summed E-state index contributed by atoms with van der Waals surface area (Å²) < 4.78 is 2.30. The molecule has 15 heavy (non-hydrogen) atoms. The minimum atomic E-state index is 0.311. The van der Waals surface area contributed by atoms with Crippen LogP contribution in [0.15, 0.2) is 12.5 Å². The highest BCUT2D eigenvalue weighted by molar-refractivity contribution is 5.07. The Morgan fingerprint density at radius 1 is 1.40 bits per heavy atom. The number of hydrogen-bond donors (Lipinski definition) is 1. The van der Waals surface area contributed by atoms with E-state index in [9.17, 15) is 0 Å². The van der Waals surface area contributed by atoms with Gasteiger partial charge in [0.1, 0.15) is 0 Å². The maximum Gasteiger partial charge on any atom is 0.0951 e. The van der Waals surface area contributed by atoms with E-state index in [-0.39, 0.29) is 0 Å². The molecule has 3 nitrogen and oxygen atoms in total. The van der Waals surface area contributed by atoms with E-state index in [1.165, 1.54) is 25.0 Å². The highest BCUT2D eigenvalue weighted by Crippen LogP contribution is 2.30. The number of nitrogens with zero attached hydrogens (tertiary/aromatic N) is 2. The van der Waals surface area contributed by atoms with Crippen molar-refractivity contribution < 1.29 is 0 Å². The van der Waals surface area contributed by atoms with Gasteiger partial charge >= 0.3 is 0 Å². The zero-order valence-corrected chi connectivity index (χ0v) is 9.69. The quantitative estimate of drug-likeness (QED) is 0.809. The Hall–Kier alpha value is -0.830. The molecule has 0 saturated heterocycles. The lowest BCUT2D eigenvalue weighted by atomic mass is 9.90. The summed E-state index contributed by atoms with van der Waals surface area (Å²) in [6, 6.07) is 0.782. The van der Waals surface area contributed by atoms with Crippen molar-refractivity contribution in [2.75, 3.05) is 0 Å². The number of hydrogen-bond acceptors (Lipinski definition) is 2. The van der Waals surface area contributed by atoms with Crippen LogP contribution in [0.1, 0.15) is 57.2 Å². The molecule has 1 heterocycles. The van der Waals surface area contributed by atoms with Crippen molar-refractivity contribution in [3.8, 4) is 0 Å². The lowest BCUT2D eigenvalue weighted by Crippen LogP contribution is -2.35. The first-order valence-corrected chi connectivity index (χ1v) is 5.97. The van der Waals surface area contributed by atoms with Crippen molar-refractivity contribution in [3.05, 3.63) is 18.2 Å². The Bertz CT molecular complexity index is 316. The van der Waals surface area contributed by atoms with Crippen molar-refractivity contribution in [1.29, 1.82) is 0 Å². The van der Waals surface area contributed by atoms with Crippen LogP contribution < -0.4 is 5.73 Å². The van der Waals surface area contributed by atoms with E-state index in [0.717, 1.165) is 6.42 Å². The molecule has 1 aliphatic rings. The van der Waals surface area contributed by atoms with Crippen LogP contribution >= 0.6 is 0 Å². The van der Waals surface area contributed by atoms with Gasteiger partial charge in [-0.1, -0.05) is 26.7 Å². The lowest BCUT2D eigenvalue weighted by Gasteiger charge is -2.31. The number of imidazole rings is 1. The summed E-state index contributed by atoms with van der Waals surface area (Å²) in [5.74, 6) is 0.529. The third kappa shape index (κ3) is 2.07. The van der Waals surface area contributed by atoms with Gasteiger partial charge in [0, 0.05) is 24.0 Å². The molecular weight excluding hydrogens is 186 g/mol. The maximum atomic E-state index is 6.19. The Balaban J connectivity index is 2.23. The molecule has 1 fully saturated rings. The fourth-order valence-electron chi connectivity index (χ4n) is 2.52. The van der Waals surface area contributed by atoms with Crippen molar-refractivity contribution in [1.82, 2.24) is 9.55 Å². The highest BCUT2D eigenvalue weighted by Gasteiger charge is 2.25. The van der Waals surface area contributed by atoms with E-state index in [4.69, 9.17) is 5.73 Å². The van der Waals surface area contributed by atoms with Crippen LogP contribution in [-0.2, 0) is 0 Å². The average molecular weight is 207 g/mol. The summed E-state index contributed by atoms with van der Waals surface area (Å²) >= 11 is 0. The summed E-state index contributed by atoms with van der Waals surface area (Å²) in [6.07, 6.45) is 8.87. The van der Waals surface area contributed by atoms with Gasteiger partial charge in [-0.2, -0.15) is 0 Å². The molecule has 1 aromatic heterocycles. The Morgan fingerprint density at radius 3 is 2.80 bits per heavy atom. The smallest absolute Gasteiger partial charge is 0.0951 e. The van der Waals surface area contributed by atoms with Crippen LogP contribution in [0.25, 0.3) is 0 Å². The Labute approximate surface area is 91.7 Å². The largest absolute Gasteiger partial charge is 0.330 e. The molecule has 2 atom stereocenters. The molecule has 0 aliphatic heterocycles. The molecule has 3 heteroatoms. The number of rotatable bonds is 2. The topological polar surface area (TPSA) is 43.8 Å². The van der Waals surface area contributed by atoms with Crippen molar-refractivity contribution in [3.63, 3.8) is 0 Å². The van der Waals surface area contributed by atoms with Gasteiger partial charge in [-0.15, -0.1) is 0 Å². The second-order valence-corrected chi connectivity index (χ2v) is 4.90. The Morgan fingerprint density at radius 2 is 2.13 bits per heavy atom. The molecule has 1 aliphatic carbocycles. The predicted octanol–water partition coefficient (Wildman–Crippen LogP) is 2.45. The van der Waals surface area contributed by atoms with Crippen LogP contribution in [0.5, 0.6) is 0 Å². The summed E-state index contributed by atoms with van der Waals surface area (Å²) in [5, 5.41) is 0. The first kappa shape index (κ1) is 10.7. The van der Waals surface area contributed by atoms with Crippen LogP contribution in [-0.4, -0.2) is 15.6 Å². The molecule has 0 amide bonds. The highest BCUT2D eigenvalue weighted by atomic mass is 15.1. The molecular formula is C12H21N3. The fourth-order valence-corrected chi connectivity index (χ4v) is 2.52. The summed E-state index contributed by atoms with van der Waals surface area (Å²) in [6.45, 7) is 4.42. The SMILES string of the molecule is CC(C)c1cncn1[C@@H]1CCCC[C@H]1N. The lowest BCUT2D eigenvalue weighted by molar-refractivity contribution is 0.299. The first-order valence-electron chi connectivity index (χ1n) is 5.97. The van der Waals surface area contributed by atoms with Gasteiger partial charge in [0.15, 0.2) is 0 Å². The van der Waals surface area contributed by atoms with Gasteiger partial charge in [-0.05, 0) is 18.8 Å². The minimum Gasteiger partial charge on any atom is -0.330 e. The second-order valence-electron chi connectivity index (χ2n) is 4.90. The molecule has 0 aromatic carbocycles. The van der Waals surface area contributed by atoms with Gasteiger partial charge in [0.2, 0.25) is 0 Å². The van der Waals surface area contributed by atoms with Crippen molar-refractivity contribution in [2.45, 2.75) is 57.5 Å². The zero-order valence-electron chi connectivity index (χ0n) is 9.69. The predicted molar refractivity (Wildman–Crippen MR) is 61.8 cm³/mol. The third-order valence-corrected chi connectivity index (χ3v) is 3.43. The van der Waals surface area contributed by atoms with Gasteiger partial charge < -0.3 is 10.3 Å². The average Bonchev–Trinajstić information content (AvgIpc) is 2.67. The summed E-state index contributed by atoms with van der Waals surface area (Å²) in [5.41, 5.74) is 7.51. The zero-order chi connectivity index (χ0) is 10.8. The standard InChI is InChI=1S/C12H21N3/c1-9(2)12-7-14-8-15(12)11-6-4-3-5-10(11)13/h7-11H,3-6,13H2,1-2H3/t10-,11-/m1/s1. The van der Waals surface area contributed by atoms with E-state index in [1.54, 1.807) is 0 Å². The van der Waals surface area contributed by atoms with Gasteiger partial charge in [-0.3, -0.25) is 0 Å². The molecule has 1 saturated carbocycles. The van der Waals surface area contributed by atoms with E-state index in [2.05, 4.69) is 23.4 Å². The van der Waals surface area contributed by atoms with Crippen LogP contribution in [0.3, 0.4) is 0 Å². The van der Waals surface area contributed by atoms with Crippen LogP contribution in [0, 0.1) is 0 Å². The van der Waals surface area contributed by atoms with E-state index >= 15 is 0 Å². The number of aromatic nitrogens is 2. The maximum absolute atomic E-state index is 6.19. The number of nitrogens with two attached hydrogens (primary N) is 1. The van der Waals surface area contributed by atoms with E-state index < -0.39 is 0 Å². The first-order chi connectivity index (χ1) is 7.20. The third-order valence-electron chi connectivity index (χ3n) is 3.43. The van der Waals surface area contributed by atoms with Crippen LogP contribution in [0.4, 0.5) is 0 Å². The summed E-state index contributed by atoms with van der Waals surface area (Å²) in [7, 11) is 0. The fraction of sp³-hybridized carbons (Fsp3) is 0.750.